The first-order valence-electron chi connectivity index (χ1n) is 24.8. The van der Waals surface area contributed by atoms with E-state index in [1.807, 2.05) is 164 Å². The number of benzene rings is 6. The number of carbonyl (C=O) groups excluding carboxylic acids is 3. The summed E-state index contributed by atoms with van der Waals surface area (Å²) >= 11 is 0. The molecule has 6 unspecified atom stereocenters. The second kappa shape index (κ2) is 26.0. The van der Waals surface area contributed by atoms with Crippen LogP contribution in [0.3, 0.4) is 0 Å². The Morgan fingerprint density at radius 1 is 0.534 bits per heavy atom. The van der Waals surface area contributed by atoms with Gasteiger partial charge in [0, 0.05) is 24.6 Å². The number of carboxylic acids is 1. The molecule has 0 bridgehead atoms. The van der Waals surface area contributed by atoms with Crippen molar-refractivity contribution in [2.75, 3.05) is 24.6 Å². The summed E-state index contributed by atoms with van der Waals surface area (Å²) in [6.45, 7) is 6.59. The molecule has 73 heavy (non-hydrogen) atoms. The highest BCUT2D eigenvalue weighted by Gasteiger charge is 2.34. The molecule has 0 aliphatic rings. The molecule has 384 valence electrons. The van der Waals surface area contributed by atoms with Gasteiger partial charge in [-0.25, -0.2) is 4.79 Å². The molecule has 0 radical (unpaired) electrons. The Labute approximate surface area is 429 Å². The lowest BCUT2D eigenvalue weighted by Crippen LogP contribution is -2.47. The Bertz CT molecular complexity index is 2860. The van der Waals surface area contributed by atoms with Crippen LogP contribution in [0.15, 0.2) is 164 Å². The van der Waals surface area contributed by atoms with Gasteiger partial charge < -0.3 is 30.3 Å². The van der Waals surface area contributed by atoms with Gasteiger partial charge in [-0.2, -0.15) is 0 Å². The van der Waals surface area contributed by atoms with Crippen LogP contribution in [0.5, 0.6) is 0 Å². The molecule has 6 atom stereocenters. The van der Waals surface area contributed by atoms with Crippen LogP contribution in [-0.4, -0.2) is 81.0 Å². The first-order valence-corrected chi connectivity index (χ1v) is 28.9. The van der Waals surface area contributed by atoms with Gasteiger partial charge in [-0.1, -0.05) is 164 Å². The maximum atomic E-state index is 14.5. The number of carboxylic acid groups (broad SMARTS) is 1. The molecular formula is C59H68N2O10P2. The van der Waals surface area contributed by atoms with E-state index >= 15 is 0 Å². The topological polar surface area (TPSA) is 196 Å². The van der Waals surface area contributed by atoms with Gasteiger partial charge in [0.05, 0.1) is 11.8 Å². The minimum absolute atomic E-state index is 0.0110. The van der Waals surface area contributed by atoms with Crippen LogP contribution in [0.25, 0.3) is 22.3 Å². The van der Waals surface area contributed by atoms with Gasteiger partial charge in [-0.3, -0.25) is 23.5 Å². The van der Waals surface area contributed by atoms with Crippen molar-refractivity contribution in [2.45, 2.75) is 83.9 Å². The summed E-state index contributed by atoms with van der Waals surface area (Å²) in [7, 11) is -7.69. The van der Waals surface area contributed by atoms with Crippen molar-refractivity contribution < 1.29 is 47.9 Å². The standard InChI is InChI=1S/C59H68N2O10P2/c1-42(57(64)65)60-55(62)51(40-72(67,68)36-34-43-16-8-5-9-17-43)38-46-26-30-50(31-27-46)53-23-15-14-22-49(53)32-33-54(58(66)71-59(2,3)4)61-56(63)52(41-73(69,70)37-35-44-18-10-6-11-19-44)39-45-24-28-48(29-25-45)47-20-12-7-13-21-47/h5-31,42,51-52,54H,32-41H2,1-4H3,(H,60,62)(H,61,63)(H,64,65)(H,67,68)(H,69,70). The van der Waals surface area contributed by atoms with Crippen LogP contribution >= 0.6 is 14.7 Å². The molecule has 0 saturated carbocycles. The molecule has 0 spiro atoms. The average Bonchev–Trinajstić information content (AvgIpc) is 3.36. The smallest absolute Gasteiger partial charge is 0.329 e. The summed E-state index contributed by atoms with van der Waals surface area (Å²) < 4.78 is 33.3. The summed E-state index contributed by atoms with van der Waals surface area (Å²) in [6.07, 6.45) is 0.797. The molecule has 0 fully saturated rings. The van der Waals surface area contributed by atoms with Crippen molar-refractivity contribution in [3.8, 4) is 22.3 Å². The van der Waals surface area contributed by atoms with E-state index in [9.17, 15) is 43.2 Å². The summed E-state index contributed by atoms with van der Waals surface area (Å²) in [5.41, 5.74) is 7.01. The molecule has 5 N–H and O–H groups in total. The van der Waals surface area contributed by atoms with E-state index in [2.05, 4.69) is 10.6 Å². The Balaban J connectivity index is 1.20. The van der Waals surface area contributed by atoms with Gasteiger partial charge in [0.1, 0.15) is 17.7 Å². The van der Waals surface area contributed by atoms with E-state index in [-0.39, 0.29) is 43.9 Å². The Hall–Kier alpha value is -6.42. The fourth-order valence-corrected chi connectivity index (χ4v) is 12.3. The van der Waals surface area contributed by atoms with Crippen LogP contribution in [0.4, 0.5) is 0 Å². The highest BCUT2D eigenvalue weighted by atomic mass is 31.2. The minimum atomic E-state index is -3.86. The van der Waals surface area contributed by atoms with Crippen LogP contribution in [0.1, 0.15) is 61.9 Å². The SMILES string of the molecule is CC(NC(=O)C(Cc1ccc(-c2ccccc2CCC(NC(=O)C(Cc2ccc(-c3ccccc3)cc2)CP(=O)(O)CCc2ccccc2)C(=O)OC(C)(C)C)cc1)CP(=O)(O)CCc1ccccc1)C(=O)O. The van der Waals surface area contributed by atoms with E-state index in [0.29, 0.717) is 24.8 Å². The van der Waals surface area contributed by atoms with Crippen LogP contribution < -0.4 is 10.6 Å². The number of aliphatic carboxylic acids is 1. The number of esters is 1. The summed E-state index contributed by atoms with van der Waals surface area (Å²) in [5.74, 6) is -4.94. The highest BCUT2D eigenvalue weighted by molar-refractivity contribution is 7.58. The second-order valence-electron chi connectivity index (χ2n) is 19.9. The fourth-order valence-electron chi connectivity index (χ4n) is 8.73. The van der Waals surface area contributed by atoms with E-state index in [0.717, 1.165) is 44.5 Å². The van der Waals surface area contributed by atoms with Crippen LogP contribution in [-0.2, 0) is 65.1 Å². The van der Waals surface area contributed by atoms with Crippen LogP contribution in [0, 0.1) is 11.8 Å². The molecule has 0 aliphatic heterocycles. The molecular weight excluding hydrogens is 959 g/mol. The highest BCUT2D eigenvalue weighted by Crippen LogP contribution is 2.45. The van der Waals surface area contributed by atoms with Crippen molar-refractivity contribution in [1.29, 1.82) is 0 Å². The molecule has 6 aromatic carbocycles. The second-order valence-corrected chi connectivity index (χ2v) is 24.9. The zero-order chi connectivity index (χ0) is 52.6. The lowest BCUT2D eigenvalue weighted by atomic mass is 9.93. The predicted molar refractivity (Wildman–Crippen MR) is 289 cm³/mol. The molecule has 0 heterocycles. The van der Waals surface area contributed by atoms with Gasteiger partial charge in [0.2, 0.25) is 26.6 Å². The largest absolute Gasteiger partial charge is 0.480 e. The fraction of sp³-hybridized carbons (Fsp3) is 0.322. The van der Waals surface area contributed by atoms with Crippen LogP contribution in [0.2, 0.25) is 0 Å². The van der Waals surface area contributed by atoms with Crippen molar-refractivity contribution in [3.05, 3.63) is 192 Å². The van der Waals surface area contributed by atoms with Crippen molar-refractivity contribution in [3.63, 3.8) is 0 Å². The predicted octanol–water partition coefficient (Wildman–Crippen LogP) is 10.4. The Morgan fingerprint density at radius 2 is 0.959 bits per heavy atom. The van der Waals surface area contributed by atoms with Gasteiger partial charge in [0.15, 0.2) is 0 Å². The number of carbonyl (C=O) groups is 4. The maximum absolute atomic E-state index is 14.5. The van der Waals surface area contributed by atoms with E-state index in [1.54, 1.807) is 20.8 Å². The molecule has 0 aromatic heterocycles. The van der Waals surface area contributed by atoms with Gasteiger partial charge in [0.25, 0.3) is 0 Å². The summed E-state index contributed by atoms with van der Waals surface area (Å²) in [5, 5.41) is 14.9. The van der Waals surface area contributed by atoms with E-state index in [1.165, 1.54) is 6.92 Å². The monoisotopic (exact) mass is 1030 g/mol. The van der Waals surface area contributed by atoms with Crippen molar-refractivity contribution >= 4 is 38.5 Å². The third-order valence-electron chi connectivity index (χ3n) is 12.7. The first-order chi connectivity index (χ1) is 34.7. The molecule has 0 aliphatic carbocycles. The molecule has 2 amide bonds. The van der Waals surface area contributed by atoms with E-state index in [4.69, 9.17) is 4.74 Å². The summed E-state index contributed by atoms with van der Waals surface area (Å²) in [4.78, 5) is 76.1. The molecule has 14 heteroatoms. The maximum Gasteiger partial charge on any atom is 0.329 e. The quantitative estimate of drug-likeness (QED) is 0.0272. The average molecular weight is 1030 g/mol. The number of hydrogen-bond acceptors (Lipinski definition) is 7. The zero-order valence-electron chi connectivity index (χ0n) is 42.1. The Kier molecular flexibility index (Phi) is 19.9. The molecule has 6 aromatic rings. The lowest BCUT2D eigenvalue weighted by molar-refractivity contribution is -0.159. The number of ether oxygens (including phenoxy) is 1. The summed E-state index contributed by atoms with van der Waals surface area (Å²) in [6, 6.07) is 49.2. The first kappa shape index (κ1) is 55.9. The normalized spacial score (nSPS) is 14.8. The molecule has 12 nitrogen and oxygen atoms in total. The number of nitrogens with one attached hydrogen (secondary N) is 2. The molecule has 6 rings (SSSR count). The number of hydrogen-bond donors (Lipinski definition) is 5. The third-order valence-corrected chi connectivity index (χ3v) is 16.6. The number of rotatable bonds is 25. The van der Waals surface area contributed by atoms with Crippen molar-refractivity contribution in [2.24, 2.45) is 11.8 Å². The van der Waals surface area contributed by atoms with E-state index < -0.39 is 68.0 Å². The number of amides is 2. The minimum Gasteiger partial charge on any atom is -0.480 e. The van der Waals surface area contributed by atoms with Gasteiger partial charge in [-0.15, -0.1) is 0 Å². The zero-order valence-corrected chi connectivity index (χ0v) is 43.9. The Morgan fingerprint density at radius 3 is 1.44 bits per heavy atom. The number of aryl methyl sites for hydroxylation is 3. The van der Waals surface area contributed by atoms with Gasteiger partial charge in [-0.05, 0) is 116 Å². The molecule has 0 saturated heterocycles. The van der Waals surface area contributed by atoms with Gasteiger partial charge >= 0.3 is 11.9 Å². The lowest BCUT2D eigenvalue weighted by Gasteiger charge is -2.27. The third kappa shape index (κ3) is 18.2. The van der Waals surface area contributed by atoms with Crippen molar-refractivity contribution in [1.82, 2.24) is 10.6 Å².